The average molecular weight is 702 g/mol. The number of Topliss-reactive ketones (excluding diaryl/α,β-unsaturated/α-hetero) is 1. The quantitative estimate of drug-likeness (QED) is 0.105. The van der Waals surface area contributed by atoms with Crippen LogP contribution in [-0.2, 0) is 38.4 Å². The number of carboxylic acid groups (broad SMARTS) is 7. The number of rotatable bonds is 15. The summed E-state index contributed by atoms with van der Waals surface area (Å²) in [5.74, 6) is -13.9. The van der Waals surface area contributed by atoms with Crippen LogP contribution in [0.25, 0.3) is 0 Å². The second kappa shape index (κ2) is 23.9. The van der Waals surface area contributed by atoms with Crippen LogP contribution in [0.2, 0.25) is 0 Å². The number of carbonyl (C=O) groups excluding carboxylic acids is 8. The molecule has 0 radical (unpaired) electrons. The van der Waals surface area contributed by atoms with E-state index in [2.05, 4.69) is 0 Å². The normalized spacial score (nSPS) is 11.8. The Balaban J connectivity index is -0.000000115. The molecule has 43 heavy (non-hydrogen) atoms. The third kappa shape index (κ3) is 27.6. The molecular formula is C21H27Ca3NO18. The van der Waals surface area contributed by atoms with Gasteiger partial charge < -0.3 is 89.1 Å². The number of nitrogens with zero attached hydrogens (tertiary/aromatic N) is 1. The smallest absolute Gasteiger partial charge is 0.550 e. The molecule has 19 nitrogen and oxygen atoms in total. The van der Waals surface area contributed by atoms with Gasteiger partial charge in [-0.15, -0.1) is 0 Å². The van der Waals surface area contributed by atoms with Gasteiger partial charge in [0, 0.05) is 62.0 Å². The summed E-state index contributed by atoms with van der Waals surface area (Å²) >= 11 is 0. The maximum absolute atomic E-state index is 11.1. The summed E-state index contributed by atoms with van der Waals surface area (Å²) in [5, 5.41) is 98.0. The first-order valence-electron chi connectivity index (χ1n) is 10.5. The zero-order valence-corrected chi connectivity index (χ0v) is 30.4. The molecule has 0 aromatic carbocycles. The van der Waals surface area contributed by atoms with Crippen LogP contribution >= 0.6 is 0 Å². The van der Waals surface area contributed by atoms with Crippen molar-refractivity contribution in [3.63, 3.8) is 0 Å². The molecule has 0 rings (SSSR count). The molecule has 0 spiro atoms. The first-order chi connectivity index (χ1) is 17.6. The number of ketones is 1. The molecule has 0 saturated heterocycles. The van der Waals surface area contributed by atoms with E-state index in [0.29, 0.717) is 4.48 Å². The van der Waals surface area contributed by atoms with Gasteiger partial charge in [0.25, 0.3) is 0 Å². The molecule has 0 saturated carbocycles. The summed E-state index contributed by atoms with van der Waals surface area (Å²) < 4.78 is 0.309. The van der Waals surface area contributed by atoms with E-state index < -0.39 is 96.5 Å². The van der Waals surface area contributed by atoms with E-state index in [4.69, 9.17) is 10.2 Å². The zero-order chi connectivity index (χ0) is 32.9. The first kappa shape index (κ1) is 55.0. The van der Waals surface area contributed by atoms with Crippen LogP contribution in [0.4, 0.5) is 0 Å². The van der Waals surface area contributed by atoms with Crippen molar-refractivity contribution < 1.29 is 93.9 Å². The van der Waals surface area contributed by atoms with E-state index in [9.17, 15) is 79.2 Å². The largest absolute Gasteiger partial charge is 2.00 e. The van der Waals surface area contributed by atoms with Crippen molar-refractivity contribution in [2.45, 2.75) is 55.8 Å². The van der Waals surface area contributed by atoms with E-state index in [1.54, 1.807) is 21.1 Å². The molecule has 0 bridgehead atoms. The molecule has 0 aliphatic heterocycles. The van der Waals surface area contributed by atoms with E-state index in [1.807, 2.05) is 0 Å². The minimum absolute atomic E-state index is 0. The number of aliphatic carboxylic acids is 7. The second-order valence-electron chi connectivity index (χ2n) is 9.42. The molecule has 0 amide bonds. The van der Waals surface area contributed by atoms with E-state index >= 15 is 0 Å². The summed E-state index contributed by atoms with van der Waals surface area (Å²) in [5.41, 5.74) is -7.77. The maximum Gasteiger partial charge on any atom is 2.00 e. The Labute approximate surface area is 334 Å². The standard InChI is InChI=1S/C9H17NO4.2C6H8O7.3Ca/c1-7(11)9(14,5-8(12)13)6-10(2,3)4;2*7-3(8)1-6(13,5(11)12)2-4(9)10;;;/h14H,5-6H2,1-4H3;2*13H,1-2H2,(H,7,8)(H,9,10)(H,11,12);;;/q;;;3*+2/p-6/t9-;;;;;/m1...../s1. The molecule has 0 fully saturated rings. The van der Waals surface area contributed by atoms with Crippen molar-refractivity contribution in [3.8, 4) is 0 Å². The van der Waals surface area contributed by atoms with Gasteiger partial charge in [-0.1, -0.05) is 0 Å². The molecule has 0 heterocycles. The van der Waals surface area contributed by atoms with Crippen LogP contribution < -0.4 is 35.7 Å². The molecule has 1 atom stereocenters. The van der Waals surface area contributed by atoms with E-state index in [1.165, 1.54) is 6.92 Å². The molecule has 22 heteroatoms. The molecule has 230 valence electrons. The molecule has 0 unspecified atom stereocenters. The first-order valence-corrected chi connectivity index (χ1v) is 10.5. The van der Waals surface area contributed by atoms with Gasteiger partial charge in [-0.25, -0.2) is 0 Å². The van der Waals surface area contributed by atoms with Crippen molar-refractivity contribution in [1.82, 2.24) is 0 Å². The van der Waals surface area contributed by atoms with Crippen molar-refractivity contribution in [2.75, 3.05) is 27.7 Å². The summed E-state index contributed by atoms with van der Waals surface area (Å²) in [6, 6.07) is 0. The third-order valence-corrected chi connectivity index (χ3v) is 4.34. The number of carbonyl (C=O) groups is 8. The predicted molar refractivity (Wildman–Crippen MR) is 124 cm³/mol. The van der Waals surface area contributed by atoms with Gasteiger partial charge in [0.05, 0.1) is 33.1 Å². The summed E-state index contributed by atoms with van der Waals surface area (Å²) in [4.78, 5) is 81.5. The second-order valence-corrected chi connectivity index (χ2v) is 9.42. The van der Waals surface area contributed by atoms with Crippen molar-refractivity contribution in [3.05, 3.63) is 0 Å². The van der Waals surface area contributed by atoms with E-state index in [0.717, 1.165) is 0 Å². The van der Waals surface area contributed by atoms with Gasteiger partial charge in [-0.2, -0.15) is 0 Å². The molecule has 0 aromatic rings. The van der Waals surface area contributed by atoms with Gasteiger partial charge >= 0.3 is 113 Å². The molecule has 3 N–H and O–H groups in total. The fourth-order valence-electron chi connectivity index (χ4n) is 2.68. The number of likely N-dealkylation sites (N-methyl/N-ethyl adjacent to an activating group) is 1. The summed E-state index contributed by atoms with van der Waals surface area (Å²) in [6.07, 6.45) is -6.09. The summed E-state index contributed by atoms with van der Waals surface area (Å²) in [7, 11) is 5.30. The van der Waals surface area contributed by atoms with Crippen LogP contribution in [0.5, 0.6) is 0 Å². The fraction of sp³-hybridized carbons (Fsp3) is 0.619. The van der Waals surface area contributed by atoms with Gasteiger partial charge in [0.1, 0.15) is 17.7 Å². The number of aliphatic hydroxyl groups is 3. The average Bonchev–Trinajstić information content (AvgIpc) is 2.63. The van der Waals surface area contributed by atoms with E-state index in [-0.39, 0.29) is 120 Å². The van der Waals surface area contributed by atoms with Crippen LogP contribution in [0.1, 0.15) is 39.0 Å². The van der Waals surface area contributed by atoms with Gasteiger partial charge in [-0.3, -0.25) is 4.79 Å². The minimum Gasteiger partial charge on any atom is -0.550 e. The molecule has 0 aliphatic rings. The van der Waals surface area contributed by atoms with Crippen molar-refractivity contribution in [2.24, 2.45) is 0 Å². The molecule has 0 aliphatic carbocycles. The zero-order valence-electron chi connectivity index (χ0n) is 23.8. The molecular weight excluding hydrogens is 674 g/mol. The van der Waals surface area contributed by atoms with Crippen LogP contribution in [0.15, 0.2) is 0 Å². The monoisotopic (exact) mass is 701 g/mol. The topological polar surface area (TPSA) is 359 Å². The van der Waals surface area contributed by atoms with Crippen LogP contribution in [0, 0.1) is 0 Å². The Kier molecular flexibility index (Phi) is 30.5. The Morgan fingerprint density at radius 1 is 0.488 bits per heavy atom. The number of quaternary nitrogens is 1. The molecule has 0 aromatic heterocycles. The fourth-order valence-corrected chi connectivity index (χ4v) is 2.68. The summed E-state index contributed by atoms with van der Waals surface area (Å²) in [6.45, 7) is 1.23. The predicted octanol–water partition coefficient (Wildman–Crippen LogP) is -13.5. The van der Waals surface area contributed by atoms with Crippen LogP contribution in [-0.4, -0.2) is 225 Å². The van der Waals surface area contributed by atoms with Crippen LogP contribution in [0.3, 0.4) is 0 Å². The number of hydrogen-bond donors (Lipinski definition) is 3. The Bertz CT molecular complexity index is 912. The number of carboxylic acids is 7. The Morgan fingerprint density at radius 2 is 0.674 bits per heavy atom. The SMILES string of the molecule is CC(=O)[C@@](O)(CC(=O)[O-])C[N+](C)(C)C.O=C([O-])CC(O)(CC(=O)[O-])C(=O)[O-].O=C([O-])CC(O)(CC(=O)[O-])C(=O)[O-].[Ca+2].[Ca+2].[Ca+2]. The third-order valence-electron chi connectivity index (χ3n) is 4.34. The minimum atomic E-state index is -2.97. The maximum atomic E-state index is 11.1. The Morgan fingerprint density at radius 3 is 0.791 bits per heavy atom. The Hall–Kier alpha value is -0.421. The van der Waals surface area contributed by atoms with Gasteiger partial charge in [0.2, 0.25) is 0 Å². The van der Waals surface area contributed by atoms with Crippen molar-refractivity contribution >= 4 is 161 Å². The number of hydrogen-bond acceptors (Lipinski definition) is 18. The van der Waals surface area contributed by atoms with Gasteiger partial charge in [-0.05, 0) is 6.92 Å². The van der Waals surface area contributed by atoms with Crippen molar-refractivity contribution in [1.29, 1.82) is 0 Å². The van der Waals surface area contributed by atoms with Gasteiger partial charge in [0.15, 0.2) is 11.4 Å².